The van der Waals surface area contributed by atoms with Gasteiger partial charge in [0.15, 0.2) is 0 Å². The molecule has 0 fully saturated rings. The molecule has 1 unspecified atom stereocenters. The number of halogens is 3. The van der Waals surface area contributed by atoms with E-state index in [1.165, 1.54) is 12.1 Å². The highest BCUT2D eigenvalue weighted by Gasteiger charge is 2.30. The molecule has 0 radical (unpaired) electrons. The molecule has 2 aromatic carbocycles. The number of hydrogen-bond donors (Lipinski definition) is 1. The standard InChI is InChI=1S/C18H18F3NO/c1-12-6-3-4-9-16(12)13(2)22-17(23)11-14-7-5-8-15(10-14)18(19,20)21/h3-10,13H,11H2,1-2H3,(H,22,23). The third kappa shape index (κ3) is 4.58. The topological polar surface area (TPSA) is 29.1 Å². The maximum absolute atomic E-state index is 12.7. The molecule has 0 saturated carbocycles. The summed E-state index contributed by atoms with van der Waals surface area (Å²) in [7, 11) is 0. The van der Waals surface area contributed by atoms with Crippen LogP contribution in [0, 0.1) is 6.92 Å². The highest BCUT2D eigenvalue weighted by Crippen LogP contribution is 2.29. The summed E-state index contributed by atoms with van der Waals surface area (Å²) >= 11 is 0. The molecule has 0 saturated heterocycles. The second kappa shape index (κ2) is 6.86. The lowest BCUT2D eigenvalue weighted by Gasteiger charge is -2.17. The van der Waals surface area contributed by atoms with Crippen molar-refractivity contribution in [3.63, 3.8) is 0 Å². The summed E-state index contributed by atoms with van der Waals surface area (Å²) in [6, 6.07) is 12.3. The molecule has 0 aromatic heterocycles. The Morgan fingerprint density at radius 1 is 1.13 bits per heavy atom. The van der Waals surface area contributed by atoms with Gasteiger partial charge in [0.05, 0.1) is 18.0 Å². The third-order valence-corrected chi connectivity index (χ3v) is 3.65. The predicted octanol–water partition coefficient (Wildman–Crippen LogP) is 4.43. The van der Waals surface area contributed by atoms with Gasteiger partial charge < -0.3 is 5.32 Å². The van der Waals surface area contributed by atoms with Crippen molar-refractivity contribution in [3.05, 3.63) is 70.8 Å². The predicted molar refractivity (Wildman–Crippen MR) is 82.9 cm³/mol. The van der Waals surface area contributed by atoms with E-state index in [-0.39, 0.29) is 18.4 Å². The number of nitrogens with one attached hydrogen (secondary N) is 1. The van der Waals surface area contributed by atoms with Crippen LogP contribution >= 0.6 is 0 Å². The molecular weight excluding hydrogens is 303 g/mol. The van der Waals surface area contributed by atoms with E-state index < -0.39 is 11.7 Å². The van der Waals surface area contributed by atoms with E-state index in [0.717, 1.165) is 23.3 Å². The van der Waals surface area contributed by atoms with E-state index in [0.29, 0.717) is 5.56 Å². The zero-order chi connectivity index (χ0) is 17.0. The fourth-order valence-electron chi connectivity index (χ4n) is 2.49. The first-order valence-electron chi connectivity index (χ1n) is 7.28. The lowest BCUT2D eigenvalue weighted by molar-refractivity contribution is -0.137. The normalized spacial score (nSPS) is 12.7. The fourth-order valence-corrected chi connectivity index (χ4v) is 2.49. The molecule has 2 aromatic rings. The van der Waals surface area contributed by atoms with Gasteiger partial charge >= 0.3 is 6.18 Å². The molecule has 5 heteroatoms. The van der Waals surface area contributed by atoms with Gasteiger partial charge in [0.25, 0.3) is 0 Å². The van der Waals surface area contributed by atoms with Crippen molar-refractivity contribution in [2.24, 2.45) is 0 Å². The van der Waals surface area contributed by atoms with Crippen molar-refractivity contribution >= 4 is 5.91 Å². The van der Waals surface area contributed by atoms with Crippen molar-refractivity contribution in [1.29, 1.82) is 0 Å². The van der Waals surface area contributed by atoms with Crippen molar-refractivity contribution in [1.82, 2.24) is 5.32 Å². The van der Waals surface area contributed by atoms with Crippen LogP contribution in [0.15, 0.2) is 48.5 Å². The Kier molecular flexibility index (Phi) is 5.08. The maximum atomic E-state index is 12.7. The number of aryl methyl sites for hydroxylation is 1. The molecule has 1 N–H and O–H groups in total. The maximum Gasteiger partial charge on any atom is 0.416 e. The number of amides is 1. The lowest BCUT2D eigenvalue weighted by atomic mass is 10.0. The van der Waals surface area contributed by atoms with Crippen LogP contribution in [0.4, 0.5) is 13.2 Å². The summed E-state index contributed by atoms with van der Waals surface area (Å²) in [4.78, 5) is 12.1. The fraction of sp³-hybridized carbons (Fsp3) is 0.278. The molecule has 2 nitrogen and oxygen atoms in total. The first kappa shape index (κ1) is 17.1. The molecule has 0 bridgehead atoms. The van der Waals surface area contributed by atoms with Gasteiger partial charge in [-0.25, -0.2) is 0 Å². The summed E-state index contributed by atoms with van der Waals surface area (Å²) in [5.41, 5.74) is 1.65. The number of alkyl halides is 3. The third-order valence-electron chi connectivity index (χ3n) is 3.65. The monoisotopic (exact) mass is 321 g/mol. The summed E-state index contributed by atoms with van der Waals surface area (Å²) in [5.74, 6) is -0.305. The van der Waals surface area contributed by atoms with Crippen molar-refractivity contribution in [2.75, 3.05) is 0 Å². The van der Waals surface area contributed by atoms with E-state index >= 15 is 0 Å². The average Bonchev–Trinajstić information content (AvgIpc) is 2.46. The average molecular weight is 321 g/mol. The van der Waals surface area contributed by atoms with E-state index in [1.54, 1.807) is 0 Å². The zero-order valence-corrected chi connectivity index (χ0v) is 12.9. The van der Waals surface area contributed by atoms with Crippen molar-refractivity contribution in [3.8, 4) is 0 Å². The molecule has 122 valence electrons. The van der Waals surface area contributed by atoms with E-state index in [1.807, 2.05) is 38.1 Å². The minimum Gasteiger partial charge on any atom is -0.349 e. The Morgan fingerprint density at radius 2 is 1.83 bits per heavy atom. The minimum absolute atomic E-state index is 0.0832. The summed E-state index contributed by atoms with van der Waals surface area (Å²) in [5, 5.41) is 2.82. The smallest absolute Gasteiger partial charge is 0.349 e. The van der Waals surface area contributed by atoms with Crippen LogP contribution in [-0.2, 0) is 17.4 Å². The number of carbonyl (C=O) groups excluding carboxylic acids is 1. The number of rotatable bonds is 4. The summed E-state index contributed by atoms with van der Waals surface area (Å²) < 4.78 is 38.0. The molecule has 1 atom stereocenters. The van der Waals surface area contributed by atoms with Gasteiger partial charge in [0, 0.05) is 0 Å². The number of hydrogen-bond acceptors (Lipinski definition) is 1. The van der Waals surface area contributed by atoms with Gasteiger partial charge in [-0.05, 0) is 36.6 Å². The first-order chi connectivity index (χ1) is 10.8. The Labute approximate surface area is 133 Å². The zero-order valence-electron chi connectivity index (χ0n) is 12.9. The molecule has 23 heavy (non-hydrogen) atoms. The highest BCUT2D eigenvalue weighted by atomic mass is 19.4. The quantitative estimate of drug-likeness (QED) is 0.886. The summed E-state index contributed by atoms with van der Waals surface area (Å²) in [6.07, 6.45) is -4.49. The van der Waals surface area contributed by atoms with Crippen LogP contribution < -0.4 is 5.32 Å². The first-order valence-corrected chi connectivity index (χ1v) is 7.28. The van der Waals surface area contributed by atoms with Gasteiger partial charge in [-0.1, -0.05) is 42.5 Å². The van der Waals surface area contributed by atoms with Crippen LogP contribution in [0.5, 0.6) is 0 Å². The molecule has 0 heterocycles. The molecule has 0 aliphatic carbocycles. The van der Waals surface area contributed by atoms with Gasteiger partial charge in [-0.2, -0.15) is 13.2 Å². The van der Waals surface area contributed by atoms with E-state index in [4.69, 9.17) is 0 Å². The van der Waals surface area contributed by atoms with E-state index in [9.17, 15) is 18.0 Å². The van der Waals surface area contributed by atoms with Crippen molar-refractivity contribution in [2.45, 2.75) is 32.5 Å². The molecular formula is C18H18F3NO. The second-order valence-corrected chi connectivity index (χ2v) is 5.52. The van der Waals surface area contributed by atoms with Crippen LogP contribution in [-0.4, -0.2) is 5.91 Å². The Morgan fingerprint density at radius 3 is 2.48 bits per heavy atom. The molecule has 0 aliphatic heterocycles. The molecule has 1 amide bonds. The second-order valence-electron chi connectivity index (χ2n) is 5.52. The molecule has 0 aliphatic rings. The van der Waals surface area contributed by atoms with Crippen molar-refractivity contribution < 1.29 is 18.0 Å². The Bertz CT molecular complexity index is 695. The lowest BCUT2D eigenvalue weighted by Crippen LogP contribution is -2.28. The highest BCUT2D eigenvalue weighted by molar-refractivity contribution is 5.79. The molecule has 2 rings (SSSR count). The Balaban J connectivity index is 2.04. The van der Waals surface area contributed by atoms with Crippen LogP contribution in [0.1, 0.15) is 35.2 Å². The molecule has 0 spiro atoms. The van der Waals surface area contributed by atoms with Gasteiger partial charge in [0.2, 0.25) is 5.91 Å². The SMILES string of the molecule is Cc1ccccc1C(C)NC(=O)Cc1cccc(C(F)(F)F)c1. The van der Waals surface area contributed by atoms with Crippen LogP contribution in [0.25, 0.3) is 0 Å². The van der Waals surface area contributed by atoms with Gasteiger partial charge in [-0.15, -0.1) is 0 Å². The number of benzene rings is 2. The van der Waals surface area contributed by atoms with E-state index in [2.05, 4.69) is 5.32 Å². The minimum atomic E-state index is -4.40. The van der Waals surface area contributed by atoms with Gasteiger partial charge in [0.1, 0.15) is 0 Å². The number of carbonyl (C=O) groups is 1. The van der Waals surface area contributed by atoms with Gasteiger partial charge in [-0.3, -0.25) is 4.79 Å². The van der Waals surface area contributed by atoms with Crippen LogP contribution in [0.3, 0.4) is 0 Å². The Hall–Kier alpha value is -2.30. The largest absolute Gasteiger partial charge is 0.416 e. The summed E-state index contributed by atoms with van der Waals surface area (Å²) in [6.45, 7) is 3.80. The van der Waals surface area contributed by atoms with Crippen LogP contribution in [0.2, 0.25) is 0 Å².